The van der Waals surface area contributed by atoms with Crippen LogP contribution in [0.3, 0.4) is 0 Å². The standard InChI is InChI=1S/C31H52O2/c1-19(2)20(3)9-10-21(4)25-13-14-27-24-11-12-26-22(5)29(33-23(6)32)16-18-31(26,8)28(24)15-17-30(25,27)7/h19,21-22,24-29H,3,9-18H2,1-2,4-8H3/t21-,22+,24+,25-,26+,27+,28+,29+,30-,31+/m1/s1. The molecule has 0 bridgehead atoms. The molecule has 4 saturated carbocycles. The minimum Gasteiger partial charge on any atom is -0.462 e. The molecule has 4 fully saturated rings. The highest BCUT2D eigenvalue weighted by atomic mass is 16.5. The number of carbonyl (C=O) groups excluding carboxylic acids is 1. The predicted octanol–water partition coefficient (Wildman–Crippen LogP) is 8.45. The van der Waals surface area contributed by atoms with Gasteiger partial charge in [0, 0.05) is 6.92 Å². The number of carbonyl (C=O) groups is 1. The van der Waals surface area contributed by atoms with Crippen LogP contribution in [0.5, 0.6) is 0 Å². The zero-order valence-electron chi connectivity index (χ0n) is 22.8. The first-order chi connectivity index (χ1) is 15.5. The van der Waals surface area contributed by atoms with Gasteiger partial charge in [0.05, 0.1) is 0 Å². The lowest BCUT2D eigenvalue weighted by Crippen LogP contribution is -2.56. The second-order valence-electron chi connectivity index (χ2n) is 13.7. The van der Waals surface area contributed by atoms with Crippen molar-refractivity contribution in [3.63, 3.8) is 0 Å². The third-order valence-electron chi connectivity index (χ3n) is 11.9. The molecule has 2 heteroatoms. The van der Waals surface area contributed by atoms with Crippen molar-refractivity contribution in [1.29, 1.82) is 0 Å². The summed E-state index contributed by atoms with van der Waals surface area (Å²) in [7, 11) is 0. The highest BCUT2D eigenvalue weighted by Crippen LogP contribution is 2.69. The summed E-state index contributed by atoms with van der Waals surface area (Å²) < 4.78 is 5.77. The van der Waals surface area contributed by atoms with E-state index in [1.165, 1.54) is 63.4 Å². The van der Waals surface area contributed by atoms with Crippen LogP contribution in [-0.2, 0) is 9.53 Å². The Morgan fingerprint density at radius 1 is 0.939 bits per heavy atom. The highest BCUT2D eigenvalue weighted by molar-refractivity contribution is 5.66. The van der Waals surface area contributed by atoms with Gasteiger partial charge in [-0.15, -0.1) is 0 Å². The van der Waals surface area contributed by atoms with Crippen molar-refractivity contribution in [1.82, 2.24) is 0 Å². The molecule has 0 heterocycles. The molecule has 0 spiro atoms. The summed E-state index contributed by atoms with van der Waals surface area (Å²) in [6, 6.07) is 0. The Balaban J connectivity index is 1.46. The number of fused-ring (bicyclic) bond motifs is 5. The fraction of sp³-hybridized carbons (Fsp3) is 0.903. The summed E-state index contributed by atoms with van der Waals surface area (Å²) in [6.45, 7) is 20.8. The van der Waals surface area contributed by atoms with E-state index in [0.29, 0.717) is 22.7 Å². The lowest BCUT2D eigenvalue weighted by Gasteiger charge is -2.62. The molecule has 0 aromatic heterocycles. The Labute approximate surface area is 204 Å². The zero-order valence-corrected chi connectivity index (χ0v) is 22.8. The Morgan fingerprint density at radius 3 is 2.24 bits per heavy atom. The minimum absolute atomic E-state index is 0.0966. The SMILES string of the molecule is C=C(CC[C@@H](C)[C@H]1CC[C@H]2[C@@H]3CC[C@H]4[C@H](C)[C@@H](OC(C)=O)CC[C@]4(C)[C@H]3CC[C@]12C)C(C)C. The van der Waals surface area contributed by atoms with Crippen LogP contribution in [0, 0.1) is 58.2 Å². The van der Waals surface area contributed by atoms with Crippen molar-refractivity contribution in [3.05, 3.63) is 12.2 Å². The van der Waals surface area contributed by atoms with Crippen molar-refractivity contribution in [2.45, 2.75) is 119 Å². The second-order valence-corrected chi connectivity index (χ2v) is 13.7. The smallest absolute Gasteiger partial charge is 0.302 e. The number of allylic oxidation sites excluding steroid dienone is 1. The van der Waals surface area contributed by atoms with E-state index in [0.717, 1.165) is 41.9 Å². The molecule has 2 nitrogen and oxygen atoms in total. The molecule has 4 rings (SSSR count). The van der Waals surface area contributed by atoms with Gasteiger partial charge in [0.1, 0.15) is 6.10 Å². The van der Waals surface area contributed by atoms with E-state index in [2.05, 4.69) is 48.1 Å². The van der Waals surface area contributed by atoms with Crippen LogP contribution in [-0.4, -0.2) is 12.1 Å². The summed E-state index contributed by atoms with van der Waals surface area (Å²) in [5, 5.41) is 0. The van der Waals surface area contributed by atoms with Crippen LogP contribution in [0.15, 0.2) is 12.2 Å². The highest BCUT2D eigenvalue weighted by Gasteiger charge is 2.61. The Hall–Kier alpha value is -0.790. The molecule has 0 N–H and O–H groups in total. The van der Waals surface area contributed by atoms with E-state index < -0.39 is 0 Å². The largest absolute Gasteiger partial charge is 0.462 e. The first-order valence-corrected chi connectivity index (χ1v) is 14.3. The van der Waals surface area contributed by atoms with E-state index in [1.807, 2.05) is 0 Å². The Kier molecular flexibility index (Phi) is 7.17. The Morgan fingerprint density at radius 2 is 1.58 bits per heavy atom. The van der Waals surface area contributed by atoms with E-state index in [4.69, 9.17) is 4.74 Å². The number of ether oxygens (including phenoxy) is 1. The molecule has 0 saturated heterocycles. The van der Waals surface area contributed by atoms with Crippen molar-refractivity contribution >= 4 is 5.97 Å². The minimum atomic E-state index is -0.0966. The molecule has 0 amide bonds. The van der Waals surface area contributed by atoms with Crippen LogP contribution in [0.1, 0.15) is 113 Å². The van der Waals surface area contributed by atoms with E-state index >= 15 is 0 Å². The monoisotopic (exact) mass is 456 g/mol. The third kappa shape index (κ3) is 4.35. The van der Waals surface area contributed by atoms with Gasteiger partial charge in [-0.3, -0.25) is 4.79 Å². The fourth-order valence-corrected chi connectivity index (χ4v) is 9.95. The molecule has 4 aliphatic carbocycles. The molecule has 10 atom stereocenters. The first-order valence-electron chi connectivity index (χ1n) is 14.3. The number of hydrogen-bond donors (Lipinski definition) is 0. The van der Waals surface area contributed by atoms with Gasteiger partial charge in [-0.25, -0.2) is 0 Å². The molecule has 188 valence electrons. The van der Waals surface area contributed by atoms with E-state index in [9.17, 15) is 4.79 Å². The summed E-state index contributed by atoms with van der Waals surface area (Å²) in [4.78, 5) is 11.7. The van der Waals surface area contributed by atoms with Crippen LogP contribution < -0.4 is 0 Å². The predicted molar refractivity (Wildman–Crippen MR) is 138 cm³/mol. The van der Waals surface area contributed by atoms with Crippen molar-refractivity contribution in [3.8, 4) is 0 Å². The van der Waals surface area contributed by atoms with Crippen molar-refractivity contribution < 1.29 is 9.53 Å². The average Bonchev–Trinajstić information content (AvgIpc) is 3.11. The quantitative estimate of drug-likeness (QED) is 0.296. The zero-order chi connectivity index (χ0) is 24.1. The van der Waals surface area contributed by atoms with E-state index in [-0.39, 0.29) is 12.1 Å². The lowest BCUT2D eigenvalue weighted by molar-refractivity contribution is -0.173. The van der Waals surface area contributed by atoms with Gasteiger partial charge >= 0.3 is 5.97 Å². The average molecular weight is 457 g/mol. The summed E-state index contributed by atoms with van der Waals surface area (Å²) >= 11 is 0. The lowest BCUT2D eigenvalue weighted by atomic mass is 9.43. The molecule has 0 aromatic carbocycles. The topological polar surface area (TPSA) is 26.3 Å². The maximum atomic E-state index is 11.7. The fourth-order valence-electron chi connectivity index (χ4n) is 9.95. The summed E-state index contributed by atoms with van der Waals surface area (Å²) in [5.74, 6) is 6.19. The van der Waals surface area contributed by atoms with Crippen molar-refractivity contribution in [2.75, 3.05) is 0 Å². The van der Waals surface area contributed by atoms with Gasteiger partial charge in [0.2, 0.25) is 0 Å². The molecule has 33 heavy (non-hydrogen) atoms. The van der Waals surface area contributed by atoms with Crippen LogP contribution >= 0.6 is 0 Å². The van der Waals surface area contributed by atoms with Crippen molar-refractivity contribution in [2.24, 2.45) is 58.2 Å². The molecular formula is C31H52O2. The van der Waals surface area contributed by atoms with Gasteiger partial charge in [-0.05, 0) is 122 Å². The van der Waals surface area contributed by atoms with Crippen LogP contribution in [0.2, 0.25) is 0 Å². The van der Waals surface area contributed by atoms with E-state index in [1.54, 1.807) is 6.92 Å². The van der Waals surface area contributed by atoms with Gasteiger partial charge in [0.15, 0.2) is 0 Å². The first kappa shape index (κ1) is 25.3. The molecule has 0 aliphatic heterocycles. The summed E-state index contributed by atoms with van der Waals surface area (Å²) in [6.07, 6.45) is 13.5. The van der Waals surface area contributed by atoms with Gasteiger partial charge in [-0.1, -0.05) is 53.7 Å². The molecular weight excluding hydrogens is 404 g/mol. The third-order valence-corrected chi connectivity index (χ3v) is 11.9. The number of rotatable bonds is 6. The number of esters is 1. The van der Waals surface area contributed by atoms with Gasteiger partial charge in [0.25, 0.3) is 0 Å². The summed E-state index contributed by atoms with van der Waals surface area (Å²) in [5.41, 5.74) is 2.43. The van der Waals surface area contributed by atoms with Gasteiger partial charge < -0.3 is 4.74 Å². The van der Waals surface area contributed by atoms with Crippen LogP contribution in [0.4, 0.5) is 0 Å². The molecule has 0 unspecified atom stereocenters. The maximum absolute atomic E-state index is 11.7. The Bertz CT molecular complexity index is 739. The second kappa shape index (κ2) is 9.34. The number of hydrogen-bond acceptors (Lipinski definition) is 2. The maximum Gasteiger partial charge on any atom is 0.302 e. The normalized spacial score (nSPS) is 45.6. The molecule has 4 aliphatic rings. The van der Waals surface area contributed by atoms with Gasteiger partial charge in [-0.2, -0.15) is 0 Å². The molecule has 0 aromatic rings. The van der Waals surface area contributed by atoms with Crippen LogP contribution in [0.25, 0.3) is 0 Å². The molecule has 0 radical (unpaired) electrons.